The first-order valence-corrected chi connectivity index (χ1v) is 5.88. The Balaban J connectivity index is 2.89. The first-order valence-electron chi connectivity index (χ1n) is 5.08. The Hall–Kier alpha value is -1.23. The van der Waals surface area contributed by atoms with Crippen LogP contribution in [0.4, 0.5) is 5.69 Å². The van der Waals surface area contributed by atoms with E-state index in [-0.39, 0.29) is 11.9 Å². The maximum Gasteiger partial charge on any atom is 0.161 e. The predicted octanol–water partition coefficient (Wildman–Crippen LogP) is 2.69. The number of nitrogens with two attached hydrogens (primary N) is 1. The van der Waals surface area contributed by atoms with Gasteiger partial charge in [0.05, 0.1) is 6.04 Å². The molecule has 1 unspecified atom stereocenters. The summed E-state index contributed by atoms with van der Waals surface area (Å²) in [5.41, 5.74) is 7.68. The third kappa shape index (κ3) is 3.13. The van der Waals surface area contributed by atoms with Gasteiger partial charge in [-0.1, -0.05) is 18.1 Å². The molecule has 0 saturated heterocycles. The molecule has 88 valence electrons. The van der Waals surface area contributed by atoms with E-state index in [1.807, 2.05) is 32.0 Å². The quantitative estimate of drug-likeness (QED) is 0.345. The van der Waals surface area contributed by atoms with Crippen molar-refractivity contribution < 1.29 is 5.21 Å². The summed E-state index contributed by atoms with van der Waals surface area (Å²) in [5.74, 6) is 0.191. The topological polar surface area (TPSA) is 70.6 Å². The number of amidine groups is 1. The van der Waals surface area contributed by atoms with Gasteiger partial charge in [-0.25, -0.2) is 0 Å². The first kappa shape index (κ1) is 12.8. The van der Waals surface area contributed by atoms with Crippen LogP contribution >= 0.6 is 15.9 Å². The van der Waals surface area contributed by atoms with Gasteiger partial charge in [0.1, 0.15) is 0 Å². The summed E-state index contributed by atoms with van der Waals surface area (Å²) < 4.78 is 0.960. The van der Waals surface area contributed by atoms with E-state index in [0.717, 1.165) is 22.1 Å². The average Bonchev–Trinajstić information content (AvgIpc) is 2.29. The van der Waals surface area contributed by atoms with E-state index in [2.05, 4.69) is 26.4 Å². The number of anilines is 1. The zero-order valence-corrected chi connectivity index (χ0v) is 11.0. The SMILES string of the molecule is CCC(Nc1cc(C)ccc1Br)/C(N)=N/O. The second-order valence-electron chi connectivity index (χ2n) is 3.61. The molecule has 16 heavy (non-hydrogen) atoms. The molecule has 0 saturated carbocycles. The van der Waals surface area contributed by atoms with Crippen LogP contribution in [-0.4, -0.2) is 17.1 Å². The number of halogens is 1. The Labute approximate surface area is 104 Å². The van der Waals surface area contributed by atoms with Crippen LogP contribution < -0.4 is 11.1 Å². The molecule has 1 rings (SSSR count). The van der Waals surface area contributed by atoms with Gasteiger partial charge < -0.3 is 16.3 Å². The van der Waals surface area contributed by atoms with Crippen molar-refractivity contribution in [3.8, 4) is 0 Å². The Morgan fingerprint density at radius 2 is 2.31 bits per heavy atom. The highest BCUT2D eigenvalue weighted by molar-refractivity contribution is 9.10. The molecule has 1 atom stereocenters. The van der Waals surface area contributed by atoms with Crippen molar-refractivity contribution in [3.63, 3.8) is 0 Å². The summed E-state index contributed by atoms with van der Waals surface area (Å²) in [6, 6.07) is 5.83. The molecule has 0 fully saturated rings. The first-order chi connectivity index (χ1) is 7.58. The monoisotopic (exact) mass is 285 g/mol. The number of hydrogen-bond acceptors (Lipinski definition) is 3. The van der Waals surface area contributed by atoms with Crippen molar-refractivity contribution in [1.29, 1.82) is 0 Å². The zero-order valence-electron chi connectivity index (χ0n) is 9.37. The van der Waals surface area contributed by atoms with E-state index >= 15 is 0 Å². The molecule has 0 bridgehead atoms. The van der Waals surface area contributed by atoms with Crippen LogP contribution in [0.2, 0.25) is 0 Å². The van der Waals surface area contributed by atoms with Gasteiger partial charge in [0.25, 0.3) is 0 Å². The summed E-state index contributed by atoms with van der Waals surface area (Å²) in [6.45, 7) is 3.99. The van der Waals surface area contributed by atoms with Crippen molar-refractivity contribution >= 4 is 27.5 Å². The standard InChI is InChI=1S/C11H16BrN3O/c1-3-9(11(13)15-16)14-10-6-7(2)4-5-8(10)12/h4-6,9,14,16H,3H2,1-2H3,(H2,13,15). The van der Waals surface area contributed by atoms with Gasteiger partial charge >= 0.3 is 0 Å². The maximum absolute atomic E-state index is 8.65. The smallest absolute Gasteiger partial charge is 0.161 e. The lowest BCUT2D eigenvalue weighted by atomic mass is 10.1. The highest BCUT2D eigenvalue weighted by Crippen LogP contribution is 2.24. The zero-order chi connectivity index (χ0) is 12.1. The molecule has 0 aliphatic heterocycles. The number of rotatable bonds is 4. The lowest BCUT2D eigenvalue weighted by molar-refractivity contribution is 0.316. The highest BCUT2D eigenvalue weighted by atomic mass is 79.9. The van der Waals surface area contributed by atoms with Gasteiger partial charge in [0, 0.05) is 10.2 Å². The molecule has 0 aromatic heterocycles. The van der Waals surface area contributed by atoms with Crippen molar-refractivity contribution in [1.82, 2.24) is 0 Å². The molecular formula is C11H16BrN3O. The molecule has 4 N–H and O–H groups in total. The van der Waals surface area contributed by atoms with E-state index in [0.29, 0.717) is 0 Å². The Bertz CT molecular complexity index is 393. The fourth-order valence-electron chi connectivity index (χ4n) is 1.39. The van der Waals surface area contributed by atoms with Crippen molar-refractivity contribution in [3.05, 3.63) is 28.2 Å². The normalized spacial score (nSPS) is 13.6. The van der Waals surface area contributed by atoms with E-state index in [9.17, 15) is 0 Å². The summed E-state index contributed by atoms with van der Waals surface area (Å²) in [5, 5.41) is 14.9. The van der Waals surface area contributed by atoms with E-state index in [1.165, 1.54) is 0 Å². The van der Waals surface area contributed by atoms with Crippen LogP contribution in [0.5, 0.6) is 0 Å². The molecule has 0 aliphatic rings. The molecule has 0 amide bonds. The lowest BCUT2D eigenvalue weighted by Gasteiger charge is -2.18. The van der Waals surface area contributed by atoms with Crippen LogP contribution in [0.25, 0.3) is 0 Å². The van der Waals surface area contributed by atoms with Crippen LogP contribution in [-0.2, 0) is 0 Å². The van der Waals surface area contributed by atoms with Crippen molar-refractivity contribution in [2.75, 3.05) is 5.32 Å². The second kappa shape index (κ2) is 5.75. The summed E-state index contributed by atoms with van der Waals surface area (Å²) in [6.07, 6.45) is 0.746. The molecule has 0 spiro atoms. The fourth-order valence-corrected chi connectivity index (χ4v) is 1.75. The van der Waals surface area contributed by atoms with Crippen LogP contribution in [0, 0.1) is 6.92 Å². The van der Waals surface area contributed by atoms with Gasteiger partial charge in [-0.05, 0) is 47.0 Å². The lowest BCUT2D eigenvalue weighted by Crippen LogP contribution is -2.35. The minimum Gasteiger partial charge on any atom is -0.409 e. The van der Waals surface area contributed by atoms with Gasteiger partial charge in [-0.2, -0.15) is 0 Å². The molecular weight excluding hydrogens is 270 g/mol. The van der Waals surface area contributed by atoms with Crippen LogP contribution in [0.15, 0.2) is 27.8 Å². The van der Waals surface area contributed by atoms with Crippen molar-refractivity contribution in [2.45, 2.75) is 26.3 Å². The molecule has 4 nitrogen and oxygen atoms in total. The number of oxime groups is 1. The molecule has 0 radical (unpaired) electrons. The second-order valence-corrected chi connectivity index (χ2v) is 4.47. The van der Waals surface area contributed by atoms with Gasteiger partial charge in [-0.15, -0.1) is 0 Å². The Morgan fingerprint density at radius 1 is 1.62 bits per heavy atom. The van der Waals surface area contributed by atoms with Gasteiger partial charge in [-0.3, -0.25) is 0 Å². The number of nitrogens with one attached hydrogen (secondary N) is 1. The summed E-state index contributed by atoms with van der Waals surface area (Å²) >= 11 is 3.45. The molecule has 0 aliphatic carbocycles. The molecule has 5 heteroatoms. The fraction of sp³-hybridized carbons (Fsp3) is 0.364. The Kier molecular flexibility index (Phi) is 4.61. The predicted molar refractivity (Wildman–Crippen MR) is 70.0 cm³/mol. The maximum atomic E-state index is 8.65. The largest absolute Gasteiger partial charge is 0.409 e. The summed E-state index contributed by atoms with van der Waals surface area (Å²) in [7, 11) is 0. The molecule has 1 aromatic carbocycles. The van der Waals surface area contributed by atoms with Crippen molar-refractivity contribution in [2.24, 2.45) is 10.9 Å². The van der Waals surface area contributed by atoms with Crippen LogP contribution in [0.1, 0.15) is 18.9 Å². The minimum atomic E-state index is -0.164. The van der Waals surface area contributed by atoms with E-state index < -0.39 is 0 Å². The highest BCUT2D eigenvalue weighted by Gasteiger charge is 2.12. The number of aryl methyl sites for hydroxylation is 1. The third-order valence-electron chi connectivity index (χ3n) is 2.33. The summed E-state index contributed by atoms with van der Waals surface area (Å²) in [4.78, 5) is 0. The molecule has 0 heterocycles. The van der Waals surface area contributed by atoms with Gasteiger partial charge in [0.15, 0.2) is 5.84 Å². The Morgan fingerprint density at radius 3 is 2.88 bits per heavy atom. The number of hydrogen-bond donors (Lipinski definition) is 3. The van der Waals surface area contributed by atoms with E-state index in [1.54, 1.807) is 0 Å². The average molecular weight is 286 g/mol. The van der Waals surface area contributed by atoms with Crippen LogP contribution in [0.3, 0.4) is 0 Å². The number of nitrogens with zero attached hydrogens (tertiary/aromatic N) is 1. The molecule has 1 aromatic rings. The minimum absolute atomic E-state index is 0.164. The number of benzene rings is 1. The van der Waals surface area contributed by atoms with E-state index in [4.69, 9.17) is 10.9 Å². The van der Waals surface area contributed by atoms with Gasteiger partial charge in [0.2, 0.25) is 0 Å². The third-order valence-corrected chi connectivity index (χ3v) is 3.02.